The van der Waals surface area contributed by atoms with Crippen molar-refractivity contribution in [3.63, 3.8) is 0 Å². The Labute approximate surface area is 151 Å². The Kier molecular flexibility index (Phi) is 5.91. The molecule has 1 heterocycles. The van der Waals surface area contributed by atoms with E-state index in [1.165, 1.54) is 6.92 Å². The van der Waals surface area contributed by atoms with Crippen LogP contribution in [0.15, 0.2) is 24.3 Å². The van der Waals surface area contributed by atoms with E-state index in [2.05, 4.69) is 10.3 Å². The average Bonchev–Trinajstić information content (AvgIpc) is 2.89. The highest BCUT2D eigenvalue weighted by molar-refractivity contribution is 6.01. The molecule has 0 saturated heterocycles. The number of esters is 1. The van der Waals surface area contributed by atoms with Crippen molar-refractivity contribution in [2.75, 3.05) is 11.9 Å². The van der Waals surface area contributed by atoms with Gasteiger partial charge in [0.15, 0.2) is 12.4 Å². The van der Waals surface area contributed by atoms with Crippen molar-refractivity contribution in [3.8, 4) is 6.07 Å². The molecule has 0 bridgehead atoms. The van der Waals surface area contributed by atoms with Crippen LogP contribution in [-0.2, 0) is 16.0 Å². The zero-order valence-electron chi connectivity index (χ0n) is 14.8. The number of aromatic nitrogens is 1. The van der Waals surface area contributed by atoms with Crippen molar-refractivity contribution >= 4 is 23.3 Å². The molecule has 0 aliphatic heterocycles. The van der Waals surface area contributed by atoms with Gasteiger partial charge in [-0.25, -0.2) is 4.79 Å². The molecule has 0 aliphatic rings. The van der Waals surface area contributed by atoms with Crippen LogP contribution < -0.4 is 5.32 Å². The minimum Gasteiger partial charge on any atom is -0.451 e. The van der Waals surface area contributed by atoms with Crippen molar-refractivity contribution in [1.29, 1.82) is 5.26 Å². The fourth-order valence-electron chi connectivity index (χ4n) is 2.68. The molecule has 134 valence electrons. The SMILES string of the molecule is CC(=O)c1c(C)[nH]c(C(=O)OCC(=O)Nc2ccc(CC#N)cc2)c1C. The van der Waals surface area contributed by atoms with E-state index in [1.807, 2.05) is 6.07 Å². The van der Waals surface area contributed by atoms with Gasteiger partial charge in [0, 0.05) is 16.9 Å². The lowest BCUT2D eigenvalue weighted by Crippen LogP contribution is -2.21. The number of aromatic amines is 1. The Bertz CT molecular complexity index is 889. The second-order valence-corrected chi connectivity index (χ2v) is 5.84. The number of carbonyl (C=O) groups is 3. The number of Topliss-reactive ketones (excluding diaryl/α,β-unsaturated/α-hetero) is 1. The quantitative estimate of drug-likeness (QED) is 0.612. The van der Waals surface area contributed by atoms with Gasteiger partial charge in [-0.05, 0) is 44.0 Å². The summed E-state index contributed by atoms with van der Waals surface area (Å²) in [4.78, 5) is 38.5. The van der Waals surface area contributed by atoms with Gasteiger partial charge in [-0.15, -0.1) is 0 Å². The molecule has 1 amide bonds. The predicted octanol–water partition coefficient (Wildman–Crippen LogP) is 2.70. The summed E-state index contributed by atoms with van der Waals surface area (Å²) in [6.45, 7) is 4.32. The molecule has 0 spiro atoms. The number of nitriles is 1. The summed E-state index contributed by atoms with van der Waals surface area (Å²) in [5.74, 6) is -1.33. The summed E-state index contributed by atoms with van der Waals surface area (Å²) in [5.41, 5.74) is 3.10. The molecule has 1 aromatic heterocycles. The molecule has 0 atom stereocenters. The molecule has 0 saturated carbocycles. The summed E-state index contributed by atoms with van der Waals surface area (Å²) in [6, 6.07) is 8.85. The third-order valence-corrected chi connectivity index (χ3v) is 3.85. The number of hydrogen-bond donors (Lipinski definition) is 2. The van der Waals surface area contributed by atoms with Gasteiger partial charge < -0.3 is 15.0 Å². The van der Waals surface area contributed by atoms with E-state index in [0.29, 0.717) is 28.9 Å². The number of benzene rings is 1. The molecule has 26 heavy (non-hydrogen) atoms. The van der Waals surface area contributed by atoms with Crippen LogP contribution in [0.4, 0.5) is 5.69 Å². The molecule has 0 fully saturated rings. The van der Waals surface area contributed by atoms with Gasteiger partial charge in [0.05, 0.1) is 12.5 Å². The van der Waals surface area contributed by atoms with Crippen LogP contribution in [0.25, 0.3) is 0 Å². The van der Waals surface area contributed by atoms with Crippen molar-refractivity contribution in [2.24, 2.45) is 0 Å². The van der Waals surface area contributed by atoms with Crippen molar-refractivity contribution in [3.05, 3.63) is 52.3 Å². The lowest BCUT2D eigenvalue weighted by Gasteiger charge is -2.07. The van der Waals surface area contributed by atoms with Crippen LogP contribution in [0.2, 0.25) is 0 Å². The number of aryl methyl sites for hydroxylation is 1. The Morgan fingerprint density at radius 2 is 1.85 bits per heavy atom. The zero-order valence-corrected chi connectivity index (χ0v) is 14.8. The minimum absolute atomic E-state index is 0.145. The Morgan fingerprint density at radius 3 is 2.38 bits per heavy atom. The number of nitrogens with one attached hydrogen (secondary N) is 2. The maximum Gasteiger partial charge on any atom is 0.355 e. The maximum atomic E-state index is 12.2. The molecule has 2 aromatic rings. The number of hydrogen-bond acceptors (Lipinski definition) is 5. The lowest BCUT2D eigenvalue weighted by atomic mass is 10.1. The first kappa shape index (κ1) is 18.9. The monoisotopic (exact) mass is 353 g/mol. The molecule has 1 aromatic carbocycles. The third kappa shape index (κ3) is 4.36. The second-order valence-electron chi connectivity index (χ2n) is 5.84. The first-order valence-electron chi connectivity index (χ1n) is 7.96. The molecule has 2 N–H and O–H groups in total. The number of anilines is 1. The second kappa shape index (κ2) is 8.12. The fourth-order valence-corrected chi connectivity index (χ4v) is 2.68. The number of carbonyl (C=O) groups excluding carboxylic acids is 3. The number of H-pyrrole nitrogens is 1. The average molecular weight is 353 g/mol. The van der Waals surface area contributed by atoms with Crippen molar-refractivity contribution < 1.29 is 19.1 Å². The molecule has 7 heteroatoms. The van der Waals surface area contributed by atoms with Gasteiger partial charge in [0.2, 0.25) is 0 Å². The third-order valence-electron chi connectivity index (χ3n) is 3.85. The predicted molar refractivity (Wildman–Crippen MR) is 94.9 cm³/mol. The van der Waals surface area contributed by atoms with E-state index in [0.717, 1.165) is 5.56 Å². The standard InChI is InChI=1S/C19H19N3O4/c1-11-17(13(3)23)12(2)21-18(11)19(25)26-10-16(24)22-15-6-4-14(5-7-15)8-9-20/h4-7,21H,8,10H2,1-3H3,(H,22,24). The molecule has 2 rings (SSSR count). The van der Waals surface area contributed by atoms with Gasteiger partial charge in [-0.2, -0.15) is 5.26 Å². The largest absolute Gasteiger partial charge is 0.451 e. The van der Waals surface area contributed by atoms with E-state index >= 15 is 0 Å². The normalized spacial score (nSPS) is 10.1. The topological polar surface area (TPSA) is 112 Å². The number of ketones is 1. The summed E-state index contributed by atoms with van der Waals surface area (Å²) in [6.07, 6.45) is 0.295. The highest BCUT2D eigenvalue weighted by atomic mass is 16.5. The Morgan fingerprint density at radius 1 is 1.19 bits per heavy atom. The first-order valence-corrected chi connectivity index (χ1v) is 7.96. The van der Waals surface area contributed by atoms with Crippen LogP contribution in [0, 0.1) is 25.2 Å². The van der Waals surface area contributed by atoms with E-state index in [1.54, 1.807) is 38.1 Å². The van der Waals surface area contributed by atoms with Gasteiger partial charge in [0.1, 0.15) is 5.69 Å². The first-order chi connectivity index (χ1) is 12.3. The summed E-state index contributed by atoms with van der Waals surface area (Å²) >= 11 is 0. The summed E-state index contributed by atoms with van der Waals surface area (Å²) < 4.78 is 5.02. The maximum absolute atomic E-state index is 12.2. The lowest BCUT2D eigenvalue weighted by molar-refractivity contribution is -0.119. The van der Waals surface area contributed by atoms with Gasteiger partial charge in [-0.1, -0.05) is 12.1 Å². The van der Waals surface area contributed by atoms with Gasteiger partial charge in [0.25, 0.3) is 5.91 Å². The van der Waals surface area contributed by atoms with Crippen LogP contribution >= 0.6 is 0 Å². The van der Waals surface area contributed by atoms with E-state index in [4.69, 9.17) is 10.00 Å². The van der Waals surface area contributed by atoms with Crippen LogP contribution in [0.3, 0.4) is 0 Å². The van der Waals surface area contributed by atoms with E-state index < -0.39 is 18.5 Å². The molecule has 7 nitrogen and oxygen atoms in total. The van der Waals surface area contributed by atoms with Crippen LogP contribution in [0.1, 0.15) is 44.6 Å². The summed E-state index contributed by atoms with van der Waals surface area (Å²) in [5, 5.41) is 11.2. The zero-order chi connectivity index (χ0) is 19.3. The summed E-state index contributed by atoms with van der Waals surface area (Å²) in [7, 11) is 0. The molecular formula is C19H19N3O4. The molecule has 0 radical (unpaired) electrons. The molecule has 0 unspecified atom stereocenters. The van der Waals surface area contributed by atoms with Crippen molar-refractivity contribution in [1.82, 2.24) is 4.98 Å². The van der Waals surface area contributed by atoms with Gasteiger partial charge >= 0.3 is 5.97 Å². The molecular weight excluding hydrogens is 334 g/mol. The number of ether oxygens (including phenoxy) is 1. The van der Waals surface area contributed by atoms with Gasteiger partial charge in [-0.3, -0.25) is 9.59 Å². The van der Waals surface area contributed by atoms with E-state index in [-0.39, 0.29) is 11.5 Å². The van der Waals surface area contributed by atoms with Crippen molar-refractivity contribution in [2.45, 2.75) is 27.2 Å². The Hall–Kier alpha value is -3.40. The van der Waals surface area contributed by atoms with Crippen LogP contribution in [-0.4, -0.2) is 29.3 Å². The fraction of sp³-hybridized carbons (Fsp3) is 0.263. The van der Waals surface area contributed by atoms with E-state index in [9.17, 15) is 14.4 Å². The smallest absolute Gasteiger partial charge is 0.355 e. The highest BCUT2D eigenvalue weighted by Gasteiger charge is 2.21. The number of rotatable bonds is 6. The number of amides is 1. The number of nitrogens with zero attached hydrogens (tertiary/aromatic N) is 1. The Balaban J connectivity index is 1.95. The molecule has 0 aliphatic carbocycles. The highest BCUT2D eigenvalue weighted by Crippen LogP contribution is 2.19. The van der Waals surface area contributed by atoms with Crippen LogP contribution in [0.5, 0.6) is 0 Å². The minimum atomic E-state index is -0.697.